The summed E-state index contributed by atoms with van der Waals surface area (Å²) >= 11 is 0. The molecule has 0 unspecified atom stereocenters. The van der Waals surface area contributed by atoms with Crippen molar-refractivity contribution in [1.29, 1.82) is 0 Å². The molecule has 4 aromatic rings. The van der Waals surface area contributed by atoms with Crippen molar-refractivity contribution >= 4 is 22.4 Å². The zero-order chi connectivity index (χ0) is 20.5. The third-order valence-corrected chi connectivity index (χ3v) is 5.57. The zero-order valence-electron chi connectivity index (χ0n) is 16.8. The van der Waals surface area contributed by atoms with Crippen molar-refractivity contribution in [3.05, 3.63) is 77.2 Å². The molecule has 152 valence electrons. The van der Waals surface area contributed by atoms with Gasteiger partial charge in [-0.05, 0) is 55.7 Å². The highest BCUT2D eigenvalue weighted by Gasteiger charge is 2.19. The van der Waals surface area contributed by atoms with Gasteiger partial charge in [0.2, 0.25) is 0 Å². The van der Waals surface area contributed by atoms with Gasteiger partial charge in [-0.15, -0.1) is 0 Å². The van der Waals surface area contributed by atoms with Crippen LogP contribution in [0.5, 0.6) is 0 Å². The second-order valence-electron chi connectivity index (χ2n) is 7.62. The van der Waals surface area contributed by atoms with Gasteiger partial charge in [-0.3, -0.25) is 9.13 Å². The largest absolute Gasteiger partial charge is 0.381 e. The van der Waals surface area contributed by atoms with Crippen LogP contribution >= 0.6 is 0 Å². The van der Waals surface area contributed by atoms with Gasteiger partial charge in [-0.1, -0.05) is 12.1 Å². The van der Waals surface area contributed by atoms with Crippen molar-refractivity contribution in [3.8, 4) is 5.69 Å². The first-order valence-electron chi connectivity index (χ1n) is 10.1. The molecule has 0 amide bonds. The Kier molecular flexibility index (Phi) is 4.80. The minimum absolute atomic E-state index is 0.0358. The first-order chi connectivity index (χ1) is 14.7. The van der Waals surface area contributed by atoms with Gasteiger partial charge >= 0.3 is 5.69 Å². The summed E-state index contributed by atoms with van der Waals surface area (Å²) in [7, 11) is 0. The van der Waals surface area contributed by atoms with E-state index >= 15 is 0 Å². The van der Waals surface area contributed by atoms with Gasteiger partial charge in [0.05, 0.1) is 11.2 Å². The molecule has 2 aromatic heterocycles. The van der Waals surface area contributed by atoms with E-state index in [2.05, 4.69) is 34.3 Å². The Balaban J connectivity index is 1.53. The molecular weight excluding hydrogens is 378 g/mol. The topological polar surface area (TPSA) is 74.0 Å². The standard InChI is InChI=1S/C23H23N5O2/c1-16-3-2-4-17(13-16)26-22-20-14-19(5-6-21(20)24-15-25-22)28-10-9-27(23(28)29)18-7-11-30-12-8-18/h2-6,9-10,13-15,18H,7-8,11-12H2,1H3,(H,24,25,26). The monoisotopic (exact) mass is 401 g/mol. The molecule has 1 saturated heterocycles. The SMILES string of the molecule is Cc1cccc(Nc2ncnc3ccc(-n4ccn(C5CCOCC5)c4=O)cc23)c1. The van der Waals surface area contributed by atoms with Crippen LogP contribution in [0.3, 0.4) is 0 Å². The fraction of sp³-hybridized carbons (Fsp3) is 0.261. The Bertz CT molecular complexity index is 1250. The molecule has 0 bridgehead atoms. The first-order valence-corrected chi connectivity index (χ1v) is 10.1. The Morgan fingerprint density at radius 1 is 1.07 bits per heavy atom. The van der Waals surface area contributed by atoms with Crippen LogP contribution in [0.25, 0.3) is 16.6 Å². The third-order valence-electron chi connectivity index (χ3n) is 5.57. The predicted molar refractivity (Wildman–Crippen MR) is 117 cm³/mol. The van der Waals surface area contributed by atoms with E-state index in [9.17, 15) is 4.79 Å². The normalized spacial score (nSPS) is 14.8. The highest BCUT2D eigenvalue weighted by atomic mass is 16.5. The van der Waals surface area contributed by atoms with Crippen LogP contribution in [0.2, 0.25) is 0 Å². The van der Waals surface area contributed by atoms with E-state index in [1.165, 1.54) is 5.56 Å². The number of anilines is 2. The number of hydrogen-bond acceptors (Lipinski definition) is 5. The number of nitrogens with zero attached hydrogens (tertiary/aromatic N) is 4. The maximum atomic E-state index is 13.1. The van der Waals surface area contributed by atoms with Crippen molar-refractivity contribution in [2.45, 2.75) is 25.8 Å². The van der Waals surface area contributed by atoms with E-state index in [-0.39, 0.29) is 11.7 Å². The lowest BCUT2D eigenvalue weighted by atomic mass is 10.1. The molecule has 30 heavy (non-hydrogen) atoms. The molecule has 0 spiro atoms. The van der Waals surface area contributed by atoms with Gasteiger partial charge in [0, 0.05) is 42.7 Å². The average Bonchev–Trinajstić information content (AvgIpc) is 3.16. The van der Waals surface area contributed by atoms with Crippen molar-refractivity contribution in [2.75, 3.05) is 18.5 Å². The van der Waals surface area contributed by atoms with Crippen molar-refractivity contribution in [3.63, 3.8) is 0 Å². The second-order valence-corrected chi connectivity index (χ2v) is 7.62. The van der Waals surface area contributed by atoms with Crippen molar-refractivity contribution in [2.24, 2.45) is 0 Å². The summed E-state index contributed by atoms with van der Waals surface area (Å²) in [5, 5.41) is 4.24. The Morgan fingerprint density at radius 3 is 2.77 bits per heavy atom. The number of rotatable bonds is 4. The summed E-state index contributed by atoms with van der Waals surface area (Å²) in [6.45, 7) is 3.45. The Hall–Kier alpha value is -3.45. The van der Waals surface area contributed by atoms with E-state index in [1.807, 2.05) is 47.3 Å². The molecule has 1 aliphatic heterocycles. The zero-order valence-corrected chi connectivity index (χ0v) is 16.8. The molecule has 0 saturated carbocycles. The summed E-state index contributed by atoms with van der Waals surface area (Å²) in [4.78, 5) is 21.9. The van der Waals surface area contributed by atoms with Gasteiger partial charge in [-0.2, -0.15) is 0 Å². The summed E-state index contributed by atoms with van der Waals surface area (Å²) in [5.74, 6) is 0.712. The lowest BCUT2D eigenvalue weighted by molar-refractivity contribution is 0.0686. The second kappa shape index (κ2) is 7.76. The number of fused-ring (bicyclic) bond motifs is 1. The van der Waals surface area contributed by atoms with Crippen LogP contribution in [0.15, 0.2) is 66.0 Å². The van der Waals surface area contributed by atoms with Gasteiger partial charge in [0.25, 0.3) is 0 Å². The number of benzene rings is 2. The summed E-state index contributed by atoms with van der Waals surface area (Å²) < 4.78 is 8.93. The van der Waals surface area contributed by atoms with Crippen LogP contribution in [-0.2, 0) is 4.74 Å². The van der Waals surface area contributed by atoms with E-state index in [0.717, 1.165) is 35.1 Å². The number of ether oxygens (including phenoxy) is 1. The maximum Gasteiger partial charge on any atom is 0.332 e. The predicted octanol–water partition coefficient (Wildman–Crippen LogP) is 3.99. The molecule has 7 heteroatoms. The number of aromatic nitrogens is 4. The quantitative estimate of drug-likeness (QED) is 0.560. The number of imidazole rings is 1. The van der Waals surface area contributed by atoms with E-state index < -0.39 is 0 Å². The molecule has 1 fully saturated rings. The van der Waals surface area contributed by atoms with Crippen LogP contribution in [-0.4, -0.2) is 32.3 Å². The van der Waals surface area contributed by atoms with Crippen LogP contribution < -0.4 is 11.0 Å². The minimum Gasteiger partial charge on any atom is -0.381 e. The first kappa shape index (κ1) is 18.6. The minimum atomic E-state index is -0.0358. The molecule has 5 rings (SSSR count). The highest BCUT2D eigenvalue weighted by molar-refractivity contribution is 5.92. The van der Waals surface area contributed by atoms with Gasteiger partial charge in [-0.25, -0.2) is 14.8 Å². The number of nitrogens with one attached hydrogen (secondary N) is 1. The van der Waals surface area contributed by atoms with Crippen molar-refractivity contribution in [1.82, 2.24) is 19.1 Å². The highest BCUT2D eigenvalue weighted by Crippen LogP contribution is 2.26. The van der Waals surface area contributed by atoms with E-state index in [4.69, 9.17) is 4.74 Å². The molecule has 7 nitrogen and oxygen atoms in total. The fourth-order valence-electron chi connectivity index (χ4n) is 3.98. The molecular formula is C23H23N5O2. The lowest BCUT2D eigenvalue weighted by Gasteiger charge is -2.22. The third kappa shape index (κ3) is 3.48. The van der Waals surface area contributed by atoms with Gasteiger partial charge in [0.1, 0.15) is 12.1 Å². The molecule has 0 radical (unpaired) electrons. The smallest absolute Gasteiger partial charge is 0.332 e. The average molecular weight is 401 g/mol. The molecule has 0 atom stereocenters. The maximum absolute atomic E-state index is 13.1. The molecule has 0 aliphatic carbocycles. The van der Waals surface area contributed by atoms with E-state index in [1.54, 1.807) is 10.9 Å². The molecule has 3 heterocycles. The fourth-order valence-corrected chi connectivity index (χ4v) is 3.98. The van der Waals surface area contributed by atoms with Crippen LogP contribution in [0, 0.1) is 6.92 Å². The lowest BCUT2D eigenvalue weighted by Crippen LogP contribution is -2.29. The number of hydrogen-bond donors (Lipinski definition) is 1. The van der Waals surface area contributed by atoms with Crippen molar-refractivity contribution < 1.29 is 4.74 Å². The number of aryl methyl sites for hydroxylation is 1. The molecule has 2 aromatic carbocycles. The summed E-state index contributed by atoms with van der Waals surface area (Å²) in [5.41, 5.74) is 3.70. The Labute approximate surface area is 174 Å². The van der Waals surface area contributed by atoms with Crippen LogP contribution in [0.4, 0.5) is 11.5 Å². The Morgan fingerprint density at radius 2 is 1.93 bits per heavy atom. The van der Waals surface area contributed by atoms with Gasteiger partial charge in [0.15, 0.2) is 0 Å². The van der Waals surface area contributed by atoms with Crippen LogP contribution in [0.1, 0.15) is 24.4 Å². The van der Waals surface area contributed by atoms with Gasteiger partial charge < -0.3 is 10.1 Å². The summed E-state index contributed by atoms with van der Waals surface area (Å²) in [6, 6.07) is 14.1. The van der Waals surface area contributed by atoms with E-state index in [0.29, 0.717) is 19.0 Å². The molecule has 1 N–H and O–H groups in total. The molecule has 1 aliphatic rings. The summed E-state index contributed by atoms with van der Waals surface area (Å²) in [6.07, 6.45) is 6.97.